The van der Waals surface area contributed by atoms with E-state index in [4.69, 9.17) is 9.47 Å². The molecule has 0 aromatic heterocycles. The lowest BCUT2D eigenvalue weighted by molar-refractivity contribution is -0.143. The maximum atomic E-state index is 13.5. The molecule has 2 aromatic rings. The van der Waals surface area contributed by atoms with E-state index in [1.54, 1.807) is 26.0 Å². The van der Waals surface area contributed by atoms with E-state index in [9.17, 15) is 40.7 Å². The van der Waals surface area contributed by atoms with Gasteiger partial charge in [-0.3, -0.25) is 14.6 Å². The average molecular weight is 588 g/mol. The van der Waals surface area contributed by atoms with E-state index in [0.717, 1.165) is 17.6 Å². The molecule has 0 saturated carbocycles. The topological polar surface area (TPSA) is 79.4 Å². The summed E-state index contributed by atoms with van der Waals surface area (Å²) >= 11 is 0. The fourth-order valence-corrected chi connectivity index (χ4v) is 5.34. The molecule has 2 atom stereocenters. The zero-order valence-electron chi connectivity index (χ0n) is 22.3. The fourth-order valence-electron chi connectivity index (χ4n) is 5.34. The van der Waals surface area contributed by atoms with Gasteiger partial charge in [-0.25, -0.2) is 9.59 Å². The molecule has 0 radical (unpaired) electrons. The van der Waals surface area contributed by atoms with Crippen LogP contribution in [0.15, 0.2) is 30.3 Å². The Morgan fingerprint density at radius 3 is 2.20 bits per heavy atom. The van der Waals surface area contributed by atoms with Crippen LogP contribution in [0.5, 0.6) is 0 Å². The molecule has 0 N–H and O–H groups in total. The Balaban J connectivity index is 1.86. The normalized spacial score (nSPS) is 18.5. The highest BCUT2D eigenvalue weighted by molar-refractivity contribution is 5.93. The zero-order valence-corrected chi connectivity index (χ0v) is 22.3. The number of nitrogens with zero attached hydrogens (tertiary/aromatic N) is 3. The number of benzene rings is 2. The van der Waals surface area contributed by atoms with Crippen molar-refractivity contribution in [1.82, 2.24) is 4.90 Å². The summed E-state index contributed by atoms with van der Waals surface area (Å²) in [6, 6.07) is 2.92. The standard InChI is InChI=1S/C27H27F6N3O5/c1-4-41-25(39)36-15(2)7-22(20-10-17-5-6-34(14-37)21(17)12-23(20)36)35(24(38)40-3)13-16-8-18(26(28,29)30)11-19(9-16)27(31,32)33/h8-12,14-15,22H,4-7,13H2,1-3H3/t15-,22+/m1/s1. The number of ether oxygens (including phenoxy) is 2. The van der Waals surface area contributed by atoms with Crippen LogP contribution in [0.4, 0.5) is 47.3 Å². The van der Waals surface area contributed by atoms with Crippen LogP contribution >= 0.6 is 0 Å². The SMILES string of the molecule is CCOC(=O)N1c2cc3c(cc2[C@@H](N(Cc2cc(C(F)(F)F)cc(C(F)(F)F)c2)C(=O)OC)C[C@H]1C)CCN3C=O. The highest BCUT2D eigenvalue weighted by Gasteiger charge is 2.42. The molecular weight excluding hydrogens is 560 g/mol. The van der Waals surface area contributed by atoms with Crippen LogP contribution in [0.1, 0.15) is 54.1 Å². The largest absolute Gasteiger partial charge is 0.453 e. The van der Waals surface area contributed by atoms with Crippen LogP contribution in [-0.2, 0) is 39.6 Å². The van der Waals surface area contributed by atoms with Gasteiger partial charge in [-0.05, 0) is 73.7 Å². The third kappa shape index (κ3) is 5.91. The molecule has 3 amide bonds. The van der Waals surface area contributed by atoms with Crippen molar-refractivity contribution in [2.75, 3.05) is 30.1 Å². The van der Waals surface area contributed by atoms with Crippen molar-refractivity contribution in [3.05, 3.63) is 58.1 Å². The van der Waals surface area contributed by atoms with Crippen LogP contribution in [0.3, 0.4) is 0 Å². The first-order valence-corrected chi connectivity index (χ1v) is 12.7. The number of anilines is 2. The van der Waals surface area contributed by atoms with E-state index >= 15 is 0 Å². The minimum Gasteiger partial charge on any atom is -0.453 e. The fraction of sp³-hybridized carbons (Fsp3) is 0.444. The number of carbonyl (C=O) groups excluding carboxylic acids is 3. The lowest BCUT2D eigenvalue weighted by atomic mass is 9.88. The van der Waals surface area contributed by atoms with Crippen LogP contribution < -0.4 is 9.80 Å². The van der Waals surface area contributed by atoms with Crippen LogP contribution in [0, 0.1) is 0 Å². The van der Waals surface area contributed by atoms with Gasteiger partial charge in [0.25, 0.3) is 0 Å². The number of fused-ring (bicyclic) bond motifs is 2. The zero-order chi connectivity index (χ0) is 30.3. The van der Waals surface area contributed by atoms with Crippen molar-refractivity contribution in [3.8, 4) is 0 Å². The predicted molar refractivity (Wildman–Crippen MR) is 134 cm³/mol. The monoisotopic (exact) mass is 587 g/mol. The molecular formula is C27H27F6N3O5. The van der Waals surface area contributed by atoms with E-state index in [-0.39, 0.29) is 19.1 Å². The summed E-state index contributed by atoms with van der Waals surface area (Å²) < 4.78 is 91.2. The highest BCUT2D eigenvalue weighted by Crippen LogP contribution is 2.46. The Hall–Kier alpha value is -3.97. The molecule has 0 bridgehead atoms. The molecule has 2 heterocycles. The molecule has 2 aliphatic rings. The van der Waals surface area contributed by atoms with Crippen molar-refractivity contribution in [3.63, 3.8) is 0 Å². The third-order valence-electron chi connectivity index (χ3n) is 7.16. The summed E-state index contributed by atoms with van der Waals surface area (Å²) in [5, 5.41) is 0. The number of amides is 3. The van der Waals surface area contributed by atoms with Gasteiger partial charge in [-0.2, -0.15) is 26.3 Å². The number of methoxy groups -OCH3 is 1. The Labute approximate surface area is 231 Å². The van der Waals surface area contributed by atoms with E-state index in [2.05, 4.69) is 0 Å². The lowest BCUT2D eigenvalue weighted by Gasteiger charge is -2.43. The predicted octanol–water partition coefficient (Wildman–Crippen LogP) is 6.31. The first-order chi connectivity index (χ1) is 19.2. The van der Waals surface area contributed by atoms with Crippen molar-refractivity contribution in [1.29, 1.82) is 0 Å². The van der Waals surface area contributed by atoms with Crippen LogP contribution in [0.25, 0.3) is 0 Å². The maximum absolute atomic E-state index is 13.5. The molecule has 8 nitrogen and oxygen atoms in total. The van der Waals surface area contributed by atoms with Gasteiger partial charge in [0.2, 0.25) is 6.41 Å². The van der Waals surface area contributed by atoms with Gasteiger partial charge >= 0.3 is 24.5 Å². The summed E-state index contributed by atoms with van der Waals surface area (Å²) in [5.74, 6) is 0. The van der Waals surface area contributed by atoms with E-state index in [0.29, 0.717) is 48.4 Å². The summed E-state index contributed by atoms with van der Waals surface area (Å²) in [7, 11) is 1.05. The van der Waals surface area contributed by atoms with Gasteiger partial charge in [0.15, 0.2) is 0 Å². The molecule has 0 spiro atoms. The Bertz CT molecular complexity index is 1310. The quantitative estimate of drug-likeness (QED) is 0.303. The molecule has 0 aliphatic carbocycles. The number of carbonyl (C=O) groups is 3. The number of halogens is 6. The third-order valence-corrected chi connectivity index (χ3v) is 7.16. The van der Waals surface area contributed by atoms with Gasteiger partial charge < -0.3 is 14.4 Å². The van der Waals surface area contributed by atoms with E-state index < -0.39 is 59.9 Å². The van der Waals surface area contributed by atoms with Crippen molar-refractivity contribution < 1.29 is 50.2 Å². The molecule has 4 rings (SSSR count). The molecule has 0 unspecified atom stereocenters. The van der Waals surface area contributed by atoms with Crippen molar-refractivity contribution >= 4 is 30.0 Å². The molecule has 41 heavy (non-hydrogen) atoms. The average Bonchev–Trinajstić information content (AvgIpc) is 3.30. The van der Waals surface area contributed by atoms with Crippen molar-refractivity contribution in [2.24, 2.45) is 0 Å². The minimum atomic E-state index is -5.07. The second kappa shape index (κ2) is 11.1. The lowest BCUT2D eigenvalue weighted by Crippen LogP contribution is -2.47. The Morgan fingerprint density at radius 2 is 1.66 bits per heavy atom. The van der Waals surface area contributed by atoms with Crippen LogP contribution in [-0.4, -0.2) is 49.8 Å². The Kier molecular flexibility index (Phi) is 8.14. The van der Waals surface area contributed by atoms with Gasteiger partial charge in [-0.15, -0.1) is 0 Å². The Morgan fingerprint density at radius 1 is 1.02 bits per heavy atom. The molecule has 2 aromatic carbocycles. The van der Waals surface area contributed by atoms with E-state index in [1.165, 1.54) is 9.80 Å². The summed E-state index contributed by atoms with van der Waals surface area (Å²) in [5.41, 5.74) is -1.45. The summed E-state index contributed by atoms with van der Waals surface area (Å²) in [6.45, 7) is 3.08. The summed E-state index contributed by atoms with van der Waals surface area (Å²) in [4.78, 5) is 41.5. The second-order valence-electron chi connectivity index (χ2n) is 9.77. The molecule has 0 fully saturated rings. The van der Waals surface area contributed by atoms with Gasteiger partial charge in [-0.1, -0.05) is 0 Å². The molecule has 222 valence electrons. The first-order valence-electron chi connectivity index (χ1n) is 12.7. The minimum absolute atomic E-state index is 0.0171. The van der Waals surface area contributed by atoms with Gasteiger partial charge in [0, 0.05) is 24.8 Å². The number of hydrogen-bond acceptors (Lipinski definition) is 5. The number of hydrogen-bond donors (Lipinski definition) is 0. The first kappa shape index (κ1) is 30.0. The van der Waals surface area contributed by atoms with Crippen LogP contribution in [0.2, 0.25) is 0 Å². The number of alkyl halides is 6. The number of rotatable bonds is 5. The van der Waals surface area contributed by atoms with Crippen molar-refractivity contribution in [2.45, 2.75) is 57.7 Å². The van der Waals surface area contributed by atoms with Gasteiger partial charge in [0.05, 0.1) is 36.6 Å². The second-order valence-corrected chi connectivity index (χ2v) is 9.77. The van der Waals surface area contributed by atoms with Gasteiger partial charge in [0.1, 0.15) is 0 Å². The molecule has 2 aliphatic heterocycles. The smallest absolute Gasteiger partial charge is 0.416 e. The maximum Gasteiger partial charge on any atom is 0.416 e. The molecule has 0 saturated heterocycles. The highest BCUT2D eigenvalue weighted by atomic mass is 19.4. The molecule has 14 heteroatoms. The summed E-state index contributed by atoms with van der Waals surface area (Å²) in [6.07, 6.45) is -10.6. The van der Waals surface area contributed by atoms with E-state index in [1.807, 2.05) is 0 Å².